The van der Waals surface area contributed by atoms with Crippen molar-refractivity contribution in [1.82, 2.24) is 9.97 Å². The molecule has 24 heavy (non-hydrogen) atoms. The molecule has 0 atom stereocenters. The number of nitrogens with one attached hydrogen (secondary N) is 1. The molecule has 0 spiro atoms. The van der Waals surface area contributed by atoms with Gasteiger partial charge in [-0.05, 0) is 31.4 Å². The fourth-order valence-corrected chi connectivity index (χ4v) is 2.48. The van der Waals surface area contributed by atoms with Crippen LogP contribution in [0.25, 0.3) is 22.0 Å². The quantitative estimate of drug-likeness (QED) is 0.744. The summed E-state index contributed by atoms with van der Waals surface area (Å²) < 4.78 is 19.3. The van der Waals surface area contributed by atoms with Gasteiger partial charge in [0.15, 0.2) is 0 Å². The molecule has 0 bridgehead atoms. The van der Waals surface area contributed by atoms with Crippen LogP contribution in [0.4, 0.5) is 10.3 Å². The second-order valence-electron chi connectivity index (χ2n) is 5.56. The number of nitrogens with zero attached hydrogens (tertiary/aromatic N) is 2. The Bertz CT molecular complexity index is 855. The molecule has 1 N–H and O–H groups in total. The van der Waals surface area contributed by atoms with Crippen molar-refractivity contribution in [3.8, 4) is 17.1 Å². The molecule has 0 aliphatic rings. The van der Waals surface area contributed by atoms with E-state index in [-0.39, 0.29) is 24.3 Å². The van der Waals surface area contributed by atoms with Crippen molar-refractivity contribution >= 4 is 29.1 Å². The minimum Gasteiger partial charge on any atom is -0.481 e. The molecule has 1 heterocycles. The maximum absolute atomic E-state index is 14.0. The fourth-order valence-electron chi connectivity index (χ4n) is 2.48. The van der Waals surface area contributed by atoms with Crippen LogP contribution < -0.4 is 10.1 Å². The van der Waals surface area contributed by atoms with E-state index in [4.69, 9.17) is 4.74 Å². The van der Waals surface area contributed by atoms with Crippen molar-refractivity contribution in [3.63, 3.8) is 0 Å². The van der Waals surface area contributed by atoms with Gasteiger partial charge < -0.3 is 10.1 Å². The predicted octanol–water partition coefficient (Wildman–Crippen LogP) is 4.69. The second kappa shape index (κ2) is 7.45. The van der Waals surface area contributed by atoms with Gasteiger partial charge in [0.2, 0.25) is 11.8 Å². The average molecular weight is 348 g/mol. The van der Waals surface area contributed by atoms with Crippen LogP contribution in [-0.4, -0.2) is 23.1 Å². The number of benzene rings is 2. The summed E-state index contributed by atoms with van der Waals surface area (Å²) in [5.74, 6) is 0.709. The SMILES string of the molecule is COc1cc(-c2ccc(F)c3ccccc23)nc(NC(C)C)n1.Cl. The summed E-state index contributed by atoms with van der Waals surface area (Å²) in [6.45, 7) is 4.02. The first-order valence-corrected chi connectivity index (χ1v) is 7.45. The normalized spacial score (nSPS) is 10.5. The largest absolute Gasteiger partial charge is 0.481 e. The molecule has 0 saturated heterocycles. The van der Waals surface area contributed by atoms with E-state index >= 15 is 0 Å². The van der Waals surface area contributed by atoms with Gasteiger partial charge in [-0.15, -0.1) is 12.4 Å². The Labute approximate surface area is 146 Å². The number of fused-ring (bicyclic) bond motifs is 1. The van der Waals surface area contributed by atoms with Crippen LogP contribution in [0.15, 0.2) is 42.5 Å². The van der Waals surface area contributed by atoms with Gasteiger partial charge in [-0.1, -0.05) is 24.3 Å². The molecule has 0 fully saturated rings. The molecule has 0 radical (unpaired) electrons. The number of anilines is 1. The first-order valence-electron chi connectivity index (χ1n) is 7.45. The first-order chi connectivity index (χ1) is 11.1. The van der Waals surface area contributed by atoms with Gasteiger partial charge in [0.25, 0.3) is 0 Å². The highest BCUT2D eigenvalue weighted by Gasteiger charge is 2.12. The summed E-state index contributed by atoms with van der Waals surface area (Å²) in [4.78, 5) is 8.84. The number of hydrogen-bond acceptors (Lipinski definition) is 4. The third-order valence-electron chi connectivity index (χ3n) is 3.48. The van der Waals surface area contributed by atoms with E-state index in [2.05, 4.69) is 15.3 Å². The minimum atomic E-state index is -0.245. The molecule has 3 aromatic rings. The van der Waals surface area contributed by atoms with Gasteiger partial charge >= 0.3 is 0 Å². The molecule has 0 amide bonds. The van der Waals surface area contributed by atoms with Crippen LogP contribution in [0, 0.1) is 5.82 Å². The molecular weight excluding hydrogens is 329 g/mol. The maximum Gasteiger partial charge on any atom is 0.226 e. The molecule has 3 rings (SSSR count). The summed E-state index contributed by atoms with van der Waals surface area (Å²) in [6, 6.07) is 12.5. The van der Waals surface area contributed by atoms with E-state index in [1.54, 1.807) is 25.3 Å². The van der Waals surface area contributed by atoms with Crippen molar-refractivity contribution in [3.05, 3.63) is 48.3 Å². The minimum absolute atomic E-state index is 0. The van der Waals surface area contributed by atoms with E-state index < -0.39 is 0 Å². The van der Waals surface area contributed by atoms with E-state index in [0.717, 1.165) is 10.9 Å². The smallest absolute Gasteiger partial charge is 0.226 e. The van der Waals surface area contributed by atoms with E-state index in [1.807, 2.05) is 32.0 Å². The summed E-state index contributed by atoms with van der Waals surface area (Å²) in [5, 5.41) is 4.55. The zero-order chi connectivity index (χ0) is 16.4. The number of hydrogen-bond donors (Lipinski definition) is 1. The standard InChI is InChI=1S/C18H18FN3O.ClH/c1-11(2)20-18-21-16(10-17(22-18)23-3)14-8-9-15(19)13-7-5-4-6-12(13)14;/h4-11H,1-3H3,(H,20,21,22);1H. The molecule has 6 heteroatoms. The number of methoxy groups -OCH3 is 1. The lowest BCUT2D eigenvalue weighted by Gasteiger charge is -2.12. The monoisotopic (exact) mass is 347 g/mol. The van der Waals surface area contributed by atoms with Crippen LogP contribution in [0.5, 0.6) is 5.88 Å². The van der Waals surface area contributed by atoms with Gasteiger partial charge in [-0.2, -0.15) is 4.98 Å². The van der Waals surface area contributed by atoms with Crippen molar-refractivity contribution < 1.29 is 9.13 Å². The van der Waals surface area contributed by atoms with E-state index in [9.17, 15) is 4.39 Å². The summed E-state index contributed by atoms with van der Waals surface area (Å²) >= 11 is 0. The van der Waals surface area contributed by atoms with Crippen LogP contribution >= 0.6 is 12.4 Å². The molecule has 4 nitrogen and oxygen atoms in total. The van der Waals surface area contributed by atoms with E-state index in [1.165, 1.54) is 6.07 Å². The first kappa shape index (κ1) is 17.9. The van der Waals surface area contributed by atoms with Gasteiger partial charge in [-0.25, -0.2) is 9.37 Å². The lowest BCUT2D eigenvalue weighted by atomic mass is 10.0. The van der Waals surface area contributed by atoms with Crippen LogP contribution in [0.3, 0.4) is 0 Å². The van der Waals surface area contributed by atoms with Gasteiger partial charge in [0.1, 0.15) is 5.82 Å². The molecule has 0 unspecified atom stereocenters. The topological polar surface area (TPSA) is 47.0 Å². The highest BCUT2D eigenvalue weighted by Crippen LogP contribution is 2.31. The van der Waals surface area contributed by atoms with Gasteiger partial charge in [0.05, 0.1) is 12.8 Å². The second-order valence-corrected chi connectivity index (χ2v) is 5.56. The Morgan fingerprint density at radius 2 is 1.75 bits per heavy atom. The Morgan fingerprint density at radius 1 is 1.04 bits per heavy atom. The Hall–Kier alpha value is -2.40. The van der Waals surface area contributed by atoms with Crippen molar-refractivity contribution in [2.24, 2.45) is 0 Å². The average Bonchev–Trinajstić information content (AvgIpc) is 2.54. The molecule has 2 aromatic carbocycles. The lowest BCUT2D eigenvalue weighted by Crippen LogP contribution is -2.13. The number of rotatable bonds is 4. The molecule has 0 saturated carbocycles. The molecule has 1 aromatic heterocycles. The third kappa shape index (κ3) is 3.57. The highest BCUT2D eigenvalue weighted by molar-refractivity contribution is 5.96. The maximum atomic E-state index is 14.0. The zero-order valence-electron chi connectivity index (χ0n) is 13.7. The van der Waals surface area contributed by atoms with Crippen molar-refractivity contribution in [1.29, 1.82) is 0 Å². The molecular formula is C18H19ClFN3O. The Balaban J connectivity index is 0.00000208. The van der Waals surface area contributed by atoms with E-state index in [0.29, 0.717) is 22.9 Å². The summed E-state index contributed by atoms with van der Waals surface area (Å²) in [5.41, 5.74) is 1.53. The summed E-state index contributed by atoms with van der Waals surface area (Å²) in [7, 11) is 1.56. The van der Waals surface area contributed by atoms with Gasteiger partial charge in [0, 0.05) is 23.1 Å². The number of halogens is 2. The lowest BCUT2D eigenvalue weighted by molar-refractivity contribution is 0.397. The van der Waals surface area contributed by atoms with Crippen LogP contribution in [0.1, 0.15) is 13.8 Å². The number of ether oxygens (including phenoxy) is 1. The van der Waals surface area contributed by atoms with Crippen LogP contribution in [0.2, 0.25) is 0 Å². The Morgan fingerprint density at radius 3 is 2.42 bits per heavy atom. The van der Waals surface area contributed by atoms with Crippen LogP contribution in [-0.2, 0) is 0 Å². The van der Waals surface area contributed by atoms with Crippen molar-refractivity contribution in [2.45, 2.75) is 19.9 Å². The molecule has 0 aliphatic carbocycles. The summed E-state index contributed by atoms with van der Waals surface area (Å²) in [6.07, 6.45) is 0. The van der Waals surface area contributed by atoms with Crippen molar-refractivity contribution in [2.75, 3.05) is 12.4 Å². The number of aromatic nitrogens is 2. The molecule has 0 aliphatic heterocycles. The predicted molar refractivity (Wildman–Crippen MR) is 97.5 cm³/mol. The zero-order valence-corrected chi connectivity index (χ0v) is 14.5. The Kier molecular flexibility index (Phi) is 5.57. The fraction of sp³-hybridized carbons (Fsp3) is 0.222. The third-order valence-corrected chi connectivity index (χ3v) is 3.48. The van der Waals surface area contributed by atoms with Gasteiger partial charge in [-0.3, -0.25) is 0 Å². The molecule has 126 valence electrons. The highest BCUT2D eigenvalue weighted by atomic mass is 35.5.